The van der Waals surface area contributed by atoms with Gasteiger partial charge in [-0.2, -0.15) is 0 Å². The van der Waals surface area contributed by atoms with Crippen LogP contribution in [0.2, 0.25) is 0 Å². The molecule has 24 heavy (non-hydrogen) atoms. The molecule has 10 heteroatoms. The van der Waals surface area contributed by atoms with Gasteiger partial charge in [-0.25, -0.2) is 16.8 Å². The highest BCUT2D eigenvalue weighted by Gasteiger charge is 2.37. The van der Waals surface area contributed by atoms with Crippen LogP contribution in [0.5, 0.6) is 0 Å². The van der Waals surface area contributed by atoms with Crippen LogP contribution in [0.1, 0.15) is 31.8 Å². The average Bonchev–Trinajstić information content (AvgIpc) is 2.49. The van der Waals surface area contributed by atoms with Gasteiger partial charge in [-0.15, -0.1) is 0 Å². The molecule has 2 aromatic rings. The van der Waals surface area contributed by atoms with Crippen molar-refractivity contribution in [3.8, 4) is 0 Å². The Bertz CT molecular complexity index is 1040. The molecule has 2 aromatic carbocycles. The van der Waals surface area contributed by atoms with Crippen molar-refractivity contribution in [3.05, 3.63) is 58.7 Å². The smallest absolute Gasteiger partial charge is 0.262 e. The topological polar surface area (TPSA) is 102 Å². The van der Waals surface area contributed by atoms with Crippen molar-refractivity contribution in [1.29, 1.82) is 0 Å². The fourth-order valence-electron chi connectivity index (χ4n) is 2.58. The first-order valence-corrected chi connectivity index (χ1v) is 10.9. The van der Waals surface area contributed by atoms with Crippen LogP contribution in [0, 0.1) is 0 Å². The molecule has 0 heterocycles. The summed E-state index contributed by atoms with van der Waals surface area (Å²) in [5.41, 5.74) is -1.26. The summed E-state index contributed by atoms with van der Waals surface area (Å²) in [6, 6.07) is 7.12. The van der Waals surface area contributed by atoms with E-state index >= 15 is 0 Å². The van der Waals surface area contributed by atoms with Crippen LogP contribution in [0.25, 0.3) is 0 Å². The molecule has 0 aliphatic heterocycles. The molecule has 0 fully saturated rings. The van der Waals surface area contributed by atoms with E-state index in [-0.39, 0.29) is 22.3 Å². The second kappa shape index (κ2) is 5.38. The lowest BCUT2D eigenvalue weighted by molar-refractivity contribution is 0.0974. The number of carbonyl (C=O) groups excluding carboxylic acids is 2. The van der Waals surface area contributed by atoms with E-state index < -0.39 is 39.5 Å². The minimum absolute atomic E-state index is 0.248. The Balaban J connectivity index is 2.44. The van der Waals surface area contributed by atoms with Gasteiger partial charge in [0.25, 0.3) is 18.1 Å². The second-order valence-electron chi connectivity index (χ2n) is 4.89. The van der Waals surface area contributed by atoms with Crippen molar-refractivity contribution in [2.45, 2.75) is 9.79 Å². The highest BCUT2D eigenvalue weighted by atomic mass is 35.7. The summed E-state index contributed by atoms with van der Waals surface area (Å²) in [5, 5.41) is 0. The fraction of sp³-hybridized carbons (Fsp3) is 0. The van der Waals surface area contributed by atoms with Crippen molar-refractivity contribution < 1.29 is 26.4 Å². The first-order valence-electron chi connectivity index (χ1n) is 6.28. The normalized spacial score (nSPS) is 14.2. The predicted molar refractivity (Wildman–Crippen MR) is 85.8 cm³/mol. The molecule has 3 rings (SSSR count). The molecular formula is C14H6Cl2O6S2. The Morgan fingerprint density at radius 1 is 0.625 bits per heavy atom. The number of fused-ring (bicyclic) bond motifs is 2. The standard InChI is InChI=1S/C14H6Cl2O6S2/c15-23(19,20)9-5-1-3-7-11(9)14(18)8-4-2-6-10(24(16,21)22)12(8)13(7)17/h1-6H. The van der Waals surface area contributed by atoms with Gasteiger partial charge in [0, 0.05) is 32.5 Å². The summed E-state index contributed by atoms with van der Waals surface area (Å²) in [6.07, 6.45) is 0. The molecule has 0 N–H and O–H groups in total. The quantitative estimate of drug-likeness (QED) is 0.607. The molecule has 1 aliphatic rings. The van der Waals surface area contributed by atoms with Crippen LogP contribution in [-0.4, -0.2) is 28.4 Å². The molecule has 0 saturated heterocycles. The molecule has 0 radical (unpaired) electrons. The SMILES string of the molecule is O=C1c2cccc(S(=O)(=O)Cl)c2C(=O)c2cccc(S(=O)(=O)Cl)c21. The average molecular weight is 405 g/mol. The molecule has 0 unspecified atom stereocenters. The van der Waals surface area contributed by atoms with Crippen LogP contribution in [0.15, 0.2) is 46.2 Å². The number of halogens is 2. The Morgan fingerprint density at radius 3 is 1.25 bits per heavy atom. The zero-order chi connectivity index (χ0) is 17.9. The zero-order valence-electron chi connectivity index (χ0n) is 11.5. The molecule has 0 amide bonds. The van der Waals surface area contributed by atoms with Crippen LogP contribution in [-0.2, 0) is 18.1 Å². The lowest BCUT2D eigenvalue weighted by atomic mass is 9.84. The number of ketones is 2. The van der Waals surface area contributed by atoms with Gasteiger partial charge in [0.1, 0.15) is 0 Å². The molecule has 0 spiro atoms. The molecule has 0 bridgehead atoms. The number of carbonyl (C=O) groups is 2. The van der Waals surface area contributed by atoms with Crippen LogP contribution in [0.4, 0.5) is 0 Å². The van der Waals surface area contributed by atoms with Crippen molar-refractivity contribution in [3.63, 3.8) is 0 Å². The largest absolute Gasteiger partial charge is 0.289 e. The summed E-state index contributed by atoms with van der Waals surface area (Å²) in [7, 11) is 2.09. The van der Waals surface area contributed by atoms with Gasteiger partial charge in [-0.1, -0.05) is 24.3 Å². The number of rotatable bonds is 2. The van der Waals surface area contributed by atoms with E-state index in [0.29, 0.717) is 0 Å². The van der Waals surface area contributed by atoms with Crippen molar-refractivity contribution in [2.24, 2.45) is 0 Å². The van der Waals surface area contributed by atoms with Gasteiger partial charge in [0.05, 0.1) is 20.9 Å². The maximum atomic E-state index is 12.7. The van der Waals surface area contributed by atoms with E-state index in [1.165, 1.54) is 24.3 Å². The lowest BCUT2D eigenvalue weighted by Gasteiger charge is -2.20. The Morgan fingerprint density at radius 2 is 0.958 bits per heavy atom. The first kappa shape index (κ1) is 17.1. The molecule has 0 aromatic heterocycles. The van der Waals surface area contributed by atoms with Gasteiger partial charge in [0.2, 0.25) is 0 Å². The van der Waals surface area contributed by atoms with Gasteiger partial charge in [-0.05, 0) is 12.1 Å². The van der Waals surface area contributed by atoms with Gasteiger partial charge in [-0.3, -0.25) is 9.59 Å². The predicted octanol–water partition coefficient (Wildman–Crippen LogP) is 2.32. The number of hydrogen-bond donors (Lipinski definition) is 0. The minimum atomic E-state index is -4.29. The van der Waals surface area contributed by atoms with E-state index in [0.717, 1.165) is 12.1 Å². The molecule has 0 atom stereocenters. The van der Waals surface area contributed by atoms with Gasteiger partial charge >= 0.3 is 0 Å². The Labute approximate surface area is 145 Å². The maximum Gasteiger partial charge on any atom is 0.262 e. The van der Waals surface area contributed by atoms with Crippen molar-refractivity contribution >= 4 is 51.0 Å². The van der Waals surface area contributed by atoms with Gasteiger partial charge in [0.15, 0.2) is 11.6 Å². The molecule has 1 aliphatic carbocycles. The minimum Gasteiger partial charge on any atom is -0.289 e. The third kappa shape index (κ3) is 2.55. The maximum absolute atomic E-state index is 12.7. The van der Waals surface area contributed by atoms with Gasteiger partial charge < -0.3 is 0 Å². The first-order chi connectivity index (χ1) is 11.0. The summed E-state index contributed by atoms with van der Waals surface area (Å²) in [5.74, 6) is -1.64. The third-order valence-electron chi connectivity index (χ3n) is 3.52. The third-order valence-corrected chi connectivity index (χ3v) is 6.25. The number of benzene rings is 2. The fourth-order valence-corrected chi connectivity index (χ4v) is 4.73. The lowest BCUT2D eigenvalue weighted by Crippen LogP contribution is -2.24. The van der Waals surface area contributed by atoms with Crippen LogP contribution in [0.3, 0.4) is 0 Å². The van der Waals surface area contributed by atoms with E-state index in [1.807, 2.05) is 0 Å². The van der Waals surface area contributed by atoms with E-state index in [1.54, 1.807) is 0 Å². The molecule has 6 nitrogen and oxygen atoms in total. The second-order valence-corrected chi connectivity index (χ2v) is 9.96. The molecule has 0 saturated carbocycles. The zero-order valence-corrected chi connectivity index (χ0v) is 14.6. The highest BCUT2D eigenvalue weighted by Crippen LogP contribution is 2.36. The molecular weight excluding hydrogens is 399 g/mol. The Hall–Kier alpha value is -1.74. The highest BCUT2D eigenvalue weighted by molar-refractivity contribution is 8.14. The summed E-state index contributed by atoms with van der Waals surface area (Å²) in [4.78, 5) is 24.4. The van der Waals surface area contributed by atoms with Crippen molar-refractivity contribution in [1.82, 2.24) is 0 Å². The van der Waals surface area contributed by atoms with Crippen LogP contribution < -0.4 is 0 Å². The summed E-state index contributed by atoms with van der Waals surface area (Å²) in [6.45, 7) is 0. The number of hydrogen-bond acceptors (Lipinski definition) is 6. The summed E-state index contributed by atoms with van der Waals surface area (Å²) >= 11 is 0. The van der Waals surface area contributed by atoms with E-state index in [4.69, 9.17) is 21.4 Å². The summed E-state index contributed by atoms with van der Waals surface area (Å²) < 4.78 is 46.7. The van der Waals surface area contributed by atoms with E-state index in [2.05, 4.69) is 0 Å². The Kier molecular flexibility index (Phi) is 3.83. The van der Waals surface area contributed by atoms with Crippen molar-refractivity contribution in [2.75, 3.05) is 0 Å². The molecule has 124 valence electrons. The van der Waals surface area contributed by atoms with Crippen LogP contribution >= 0.6 is 21.4 Å². The monoisotopic (exact) mass is 404 g/mol. The van der Waals surface area contributed by atoms with E-state index in [9.17, 15) is 26.4 Å².